The van der Waals surface area contributed by atoms with E-state index >= 15 is 0 Å². The minimum absolute atomic E-state index is 1.14. The first-order valence-electron chi connectivity index (χ1n) is 21.8. The van der Waals surface area contributed by atoms with Crippen molar-refractivity contribution >= 4 is 72.4 Å². The van der Waals surface area contributed by atoms with E-state index in [2.05, 4.69) is 264 Å². The molecule has 0 N–H and O–H groups in total. The third-order valence-corrected chi connectivity index (χ3v) is 17.8. The van der Waals surface area contributed by atoms with Crippen molar-refractivity contribution < 1.29 is 0 Å². The van der Waals surface area contributed by atoms with Crippen LogP contribution in [-0.2, 0) is 0 Å². The fraction of sp³-hybridized carbons (Fsp3) is 0. The lowest BCUT2D eigenvalue weighted by Gasteiger charge is -2.34. The van der Waals surface area contributed by atoms with Crippen molar-refractivity contribution in [2.45, 2.75) is 0 Å². The zero-order valence-electron chi connectivity index (χ0n) is 34.6. The van der Waals surface area contributed by atoms with E-state index < -0.39 is 8.07 Å². The van der Waals surface area contributed by atoms with Crippen LogP contribution in [0.5, 0.6) is 0 Å². The molecule has 2 nitrogen and oxygen atoms in total. The number of para-hydroxylation sites is 3. The van der Waals surface area contributed by atoms with Crippen LogP contribution < -0.4 is 20.7 Å². The van der Waals surface area contributed by atoms with E-state index in [-0.39, 0.29) is 0 Å². The second-order valence-corrected chi connectivity index (χ2v) is 20.2. The van der Waals surface area contributed by atoms with Crippen molar-refractivity contribution in [3.8, 4) is 33.6 Å². The van der Waals surface area contributed by atoms with Crippen LogP contribution in [0, 0.1) is 0 Å². The van der Waals surface area contributed by atoms with E-state index in [1.165, 1.54) is 86.6 Å². The third kappa shape index (κ3) is 5.85. The Hall–Kier alpha value is -7.98. The first kappa shape index (κ1) is 36.8. The monoisotopic (exact) mass is 818 g/mol. The number of hydrogen-bond acceptors (Lipinski definition) is 0. The van der Waals surface area contributed by atoms with Gasteiger partial charge in [0, 0.05) is 27.1 Å². The molecule has 10 aromatic carbocycles. The van der Waals surface area contributed by atoms with Gasteiger partial charge in [0.25, 0.3) is 0 Å². The Morgan fingerprint density at radius 2 is 0.762 bits per heavy atom. The highest BCUT2D eigenvalue weighted by Gasteiger charge is 2.41. The molecule has 0 aliphatic rings. The molecule has 0 atom stereocenters. The highest BCUT2D eigenvalue weighted by molar-refractivity contribution is 7.20. The second kappa shape index (κ2) is 15.2. The minimum Gasteiger partial charge on any atom is -0.307 e. The van der Waals surface area contributed by atoms with Crippen molar-refractivity contribution in [1.82, 2.24) is 9.13 Å². The first-order chi connectivity index (χ1) is 31.3. The van der Waals surface area contributed by atoms with Crippen LogP contribution in [0.1, 0.15) is 0 Å². The van der Waals surface area contributed by atoms with Gasteiger partial charge in [-0.25, -0.2) is 0 Å². The summed E-state index contributed by atoms with van der Waals surface area (Å²) in [5.74, 6) is 0. The third-order valence-electron chi connectivity index (χ3n) is 13.1. The molecular weight excluding hydrogens is 777 g/mol. The van der Waals surface area contributed by atoms with Gasteiger partial charge in [-0.2, -0.15) is 0 Å². The second-order valence-electron chi connectivity index (χ2n) is 16.4. The molecule has 63 heavy (non-hydrogen) atoms. The van der Waals surface area contributed by atoms with Crippen molar-refractivity contribution in [3.05, 3.63) is 255 Å². The van der Waals surface area contributed by atoms with Gasteiger partial charge >= 0.3 is 0 Å². The molecule has 0 radical (unpaired) electrons. The Morgan fingerprint density at radius 3 is 1.43 bits per heavy atom. The largest absolute Gasteiger partial charge is 0.307 e. The van der Waals surface area contributed by atoms with Gasteiger partial charge in [0.2, 0.25) is 0 Å². The Bertz CT molecular complexity index is 3500. The molecule has 0 saturated carbocycles. The lowest BCUT2D eigenvalue weighted by atomic mass is 10.0. The van der Waals surface area contributed by atoms with E-state index in [9.17, 15) is 0 Å². The van der Waals surface area contributed by atoms with Crippen LogP contribution in [0.4, 0.5) is 0 Å². The molecule has 0 aliphatic heterocycles. The Morgan fingerprint density at radius 1 is 0.254 bits per heavy atom. The first-order valence-corrected chi connectivity index (χ1v) is 23.8. The average Bonchev–Trinajstić information content (AvgIpc) is 3.88. The fourth-order valence-electron chi connectivity index (χ4n) is 10.3. The Balaban J connectivity index is 1.21. The number of fused-ring (bicyclic) bond motifs is 6. The maximum atomic E-state index is 2.54. The fourth-order valence-corrected chi connectivity index (χ4v) is 15.1. The quantitative estimate of drug-likeness (QED) is 0.107. The van der Waals surface area contributed by atoms with Gasteiger partial charge in [0.05, 0.1) is 33.4 Å². The molecule has 0 aliphatic carbocycles. The molecule has 296 valence electrons. The molecule has 0 unspecified atom stereocenters. The summed E-state index contributed by atoms with van der Waals surface area (Å²) in [5, 5.41) is 10.4. The molecule has 0 spiro atoms. The molecule has 2 heterocycles. The molecular formula is C60H42N2Si. The summed E-state index contributed by atoms with van der Waals surface area (Å²) in [6.07, 6.45) is 0. The van der Waals surface area contributed by atoms with Gasteiger partial charge in [0.15, 0.2) is 8.07 Å². The maximum Gasteiger partial charge on any atom is 0.179 e. The van der Waals surface area contributed by atoms with Crippen LogP contribution in [0.2, 0.25) is 0 Å². The maximum absolute atomic E-state index is 2.81. The number of rotatable bonds is 8. The van der Waals surface area contributed by atoms with E-state index in [0.29, 0.717) is 0 Å². The van der Waals surface area contributed by atoms with Crippen LogP contribution in [0.3, 0.4) is 0 Å². The van der Waals surface area contributed by atoms with E-state index in [4.69, 9.17) is 0 Å². The van der Waals surface area contributed by atoms with Gasteiger partial charge in [-0.05, 0) is 67.8 Å². The molecule has 0 saturated heterocycles. The Labute approximate surface area is 368 Å². The average molecular weight is 819 g/mol. The summed E-state index contributed by atoms with van der Waals surface area (Å²) in [6, 6.07) is 94.3. The van der Waals surface area contributed by atoms with Crippen LogP contribution in [0.15, 0.2) is 255 Å². The molecule has 0 fully saturated rings. The number of benzene rings is 10. The topological polar surface area (TPSA) is 9.86 Å². The zero-order valence-corrected chi connectivity index (χ0v) is 35.6. The van der Waals surface area contributed by atoms with Crippen LogP contribution in [0.25, 0.3) is 77.2 Å². The zero-order chi connectivity index (χ0) is 41.7. The molecule has 12 rings (SSSR count). The molecule has 12 aromatic rings. The lowest BCUT2D eigenvalue weighted by molar-refractivity contribution is 1.13. The van der Waals surface area contributed by atoms with Crippen LogP contribution in [-0.4, -0.2) is 17.2 Å². The summed E-state index contributed by atoms with van der Waals surface area (Å²) in [6.45, 7) is 0. The van der Waals surface area contributed by atoms with Crippen molar-refractivity contribution in [1.29, 1.82) is 0 Å². The molecule has 0 amide bonds. The van der Waals surface area contributed by atoms with Gasteiger partial charge in [-0.15, -0.1) is 0 Å². The summed E-state index contributed by atoms with van der Waals surface area (Å²) in [5.41, 5.74) is 11.8. The normalized spacial score (nSPS) is 11.8. The summed E-state index contributed by atoms with van der Waals surface area (Å²) in [4.78, 5) is 0. The van der Waals surface area contributed by atoms with E-state index in [1.807, 2.05) is 0 Å². The number of nitrogens with zero attached hydrogens (tertiary/aromatic N) is 2. The van der Waals surface area contributed by atoms with Crippen molar-refractivity contribution in [2.75, 3.05) is 0 Å². The predicted octanol–water partition coefficient (Wildman–Crippen LogP) is 12.6. The van der Waals surface area contributed by atoms with Crippen molar-refractivity contribution in [3.63, 3.8) is 0 Å². The standard InChI is InChI=1S/C60H42N2Si/c1-6-21-43(22-7-1)45-37-39-52-54-42-49(63(46-25-10-3-11-26-46,47-27-12-4-13-28-47)48-29-14-5-15-30-48)38-40-57(54)61(59(52)41-45)58-36-20-33-53-51-32-17-19-35-56(51)62(60(53)58)55-34-18-16-31-50(55)44-23-8-2-9-24-44/h1-42H. The minimum atomic E-state index is -2.81. The highest BCUT2D eigenvalue weighted by atomic mass is 28.3. The molecule has 3 heteroatoms. The Kier molecular flexibility index (Phi) is 8.87. The predicted molar refractivity (Wildman–Crippen MR) is 270 cm³/mol. The lowest BCUT2D eigenvalue weighted by Crippen LogP contribution is -2.74. The van der Waals surface area contributed by atoms with Crippen molar-refractivity contribution in [2.24, 2.45) is 0 Å². The highest BCUT2D eigenvalue weighted by Crippen LogP contribution is 2.42. The van der Waals surface area contributed by atoms with E-state index in [1.54, 1.807) is 0 Å². The molecule has 2 aromatic heterocycles. The smallest absolute Gasteiger partial charge is 0.179 e. The van der Waals surface area contributed by atoms with Gasteiger partial charge in [-0.1, -0.05) is 224 Å². The van der Waals surface area contributed by atoms with Gasteiger partial charge in [0.1, 0.15) is 0 Å². The van der Waals surface area contributed by atoms with Gasteiger partial charge < -0.3 is 9.13 Å². The molecule has 0 bridgehead atoms. The van der Waals surface area contributed by atoms with Gasteiger partial charge in [-0.3, -0.25) is 0 Å². The van der Waals surface area contributed by atoms with E-state index in [0.717, 1.165) is 11.4 Å². The summed E-state index contributed by atoms with van der Waals surface area (Å²) in [7, 11) is -2.81. The number of aromatic nitrogens is 2. The SMILES string of the molecule is c1ccc(-c2ccc3c4cc([Si](c5ccccc5)(c5ccccc5)c5ccccc5)ccc4n(-c4cccc5c6ccccc6n(-c6ccccc6-c6ccccc6)c45)c3c2)cc1. The number of hydrogen-bond donors (Lipinski definition) is 0. The van der Waals surface area contributed by atoms with Crippen LogP contribution >= 0.6 is 0 Å². The summed E-state index contributed by atoms with van der Waals surface area (Å²) < 4.78 is 5.05. The summed E-state index contributed by atoms with van der Waals surface area (Å²) >= 11 is 0.